The molecule has 0 amide bonds. The van der Waals surface area contributed by atoms with Gasteiger partial charge in [-0.05, 0) is 45.9 Å². The molecule has 0 aliphatic rings. The van der Waals surface area contributed by atoms with Crippen LogP contribution in [0.25, 0.3) is 0 Å². The first kappa shape index (κ1) is 16.9. The number of benzene rings is 1. The fourth-order valence-corrected chi connectivity index (χ4v) is 2.48. The zero-order valence-corrected chi connectivity index (χ0v) is 13.4. The van der Waals surface area contributed by atoms with Crippen molar-refractivity contribution in [2.45, 2.75) is 39.8 Å². The number of nitrogens with zero attached hydrogens (tertiary/aromatic N) is 1. The lowest BCUT2D eigenvalue weighted by molar-refractivity contribution is 0.182. The molecule has 1 aromatic rings. The van der Waals surface area contributed by atoms with Gasteiger partial charge in [0.1, 0.15) is 10.8 Å². The molecule has 0 unspecified atom stereocenters. The number of halogens is 1. The molecule has 0 radical (unpaired) electrons. The second-order valence-corrected chi connectivity index (χ2v) is 5.85. The molecule has 0 saturated carbocycles. The van der Waals surface area contributed by atoms with E-state index in [2.05, 4.69) is 37.9 Å². The molecule has 0 bridgehead atoms. The van der Waals surface area contributed by atoms with Crippen LogP contribution in [0.15, 0.2) is 18.2 Å². The van der Waals surface area contributed by atoms with Gasteiger partial charge in [0.25, 0.3) is 0 Å². The summed E-state index contributed by atoms with van der Waals surface area (Å²) < 4.78 is 13.2. The Hall–Kier alpha value is -1.20. The van der Waals surface area contributed by atoms with Gasteiger partial charge in [-0.3, -0.25) is 4.90 Å². The minimum Gasteiger partial charge on any atom is -0.389 e. The van der Waals surface area contributed by atoms with Crippen LogP contribution in [0.4, 0.5) is 10.1 Å². The van der Waals surface area contributed by atoms with Crippen LogP contribution in [0.2, 0.25) is 0 Å². The maximum Gasteiger partial charge on any atom is 0.124 e. The third-order valence-electron chi connectivity index (χ3n) is 3.26. The van der Waals surface area contributed by atoms with E-state index in [1.165, 1.54) is 12.1 Å². The van der Waals surface area contributed by atoms with Gasteiger partial charge in [-0.1, -0.05) is 12.2 Å². The molecule has 3 N–H and O–H groups in total. The van der Waals surface area contributed by atoms with Crippen LogP contribution in [0, 0.1) is 5.82 Å². The number of hydrogen-bond donors (Lipinski definition) is 2. The van der Waals surface area contributed by atoms with Crippen LogP contribution in [0.3, 0.4) is 0 Å². The van der Waals surface area contributed by atoms with Crippen LogP contribution in [0.5, 0.6) is 0 Å². The summed E-state index contributed by atoms with van der Waals surface area (Å²) in [5.74, 6) is -0.329. The van der Waals surface area contributed by atoms with E-state index in [1.807, 2.05) is 0 Å². The lowest BCUT2D eigenvalue weighted by atomic mass is 10.1. The summed E-state index contributed by atoms with van der Waals surface area (Å²) in [5, 5.41) is 3.29. The van der Waals surface area contributed by atoms with Crippen molar-refractivity contribution in [2.75, 3.05) is 18.4 Å². The van der Waals surface area contributed by atoms with Gasteiger partial charge in [-0.15, -0.1) is 0 Å². The highest BCUT2D eigenvalue weighted by Gasteiger charge is 2.13. The minimum absolute atomic E-state index is 0.205. The Kier molecular flexibility index (Phi) is 6.36. The topological polar surface area (TPSA) is 41.3 Å². The van der Waals surface area contributed by atoms with Gasteiger partial charge in [0.15, 0.2) is 0 Å². The summed E-state index contributed by atoms with van der Waals surface area (Å²) in [6, 6.07) is 5.43. The van der Waals surface area contributed by atoms with Gasteiger partial charge in [0.05, 0.1) is 0 Å². The third kappa shape index (κ3) is 4.72. The van der Waals surface area contributed by atoms with Gasteiger partial charge in [0.2, 0.25) is 0 Å². The molecular weight excluding hydrogens is 273 g/mol. The zero-order valence-electron chi connectivity index (χ0n) is 12.6. The van der Waals surface area contributed by atoms with Crippen molar-refractivity contribution < 1.29 is 4.39 Å². The van der Waals surface area contributed by atoms with Crippen LogP contribution >= 0.6 is 12.2 Å². The fraction of sp³-hybridized carbons (Fsp3) is 0.533. The molecule has 1 aromatic carbocycles. The maximum absolute atomic E-state index is 13.2. The Labute approximate surface area is 126 Å². The number of thiocarbonyl (C=S) groups is 1. The second kappa shape index (κ2) is 7.55. The monoisotopic (exact) mass is 297 g/mol. The maximum atomic E-state index is 13.2. The normalized spacial score (nSPS) is 11.4. The van der Waals surface area contributed by atoms with Crippen molar-refractivity contribution >= 4 is 22.9 Å². The molecule has 0 fully saturated rings. The molecular formula is C15H24FN3S. The standard InChI is InChI=1S/C15H24FN3S/c1-10(2)19(11(3)4)8-7-18-14-6-5-12(16)9-13(14)15(17)20/h5-6,9-11,18H,7-8H2,1-4H3,(H2,17,20). The van der Waals surface area contributed by atoms with E-state index in [0.717, 1.165) is 18.8 Å². The van der Waals surface area contributed by atoms with E-state index in [-0.39, 0.29) is 10.8 Å². The molecule has 0 aliphatic carbocycles. The van der Waals surface area contributed by atoms with Crippen LogP contribution in [-0.2, 0) is 0 Å². The van der Waals surface area contributed by atoms with Crippen molar-refractivity contribution in [3.05, 3.63) is 29.6 Å². The zero-order chi connectivity index (χ0) is 15.3. The minimum atomic E-state index is -0.329. The van der Waals surface area contributed by atoms with Gasteiger partial charge >= 0.3 is 0 Å². The first-order valence-corrected chi connectivity index (χ1v) is 7.32. The SMILES string of the molecule is CC(C)N(CCNc1ccc(F)cc1C(N)=S)C(C)C. The number of anilines is 1. The molecule has 1 rings (SSSR count). The van der Waals surface area contributed by atoms with Crippen molar-refractivity contribution in [3.63, 3.8) is 0 Å². The van der Waals surface area contributed by atoms with Crippen molar-refractivity contribution in [1.82, 2.24) is 4.90 Å². The largest absolute Gasteiger partial charge is 0.389 e. The van der Waals surface area contributed by atoms with Crippen LogP contribution in [0.1, 0.15) is 33.3 Å². The molecule has 0 spiro atoms. The van der Waals surface area contributed by atoms with E-state index in [4.69, 9.17) is 18.0 Å². The summed E-state index contributed by atoms with van der Waals surface area (Å²) in [6.45, 7) is 10.4. The summed E-state index contributed by atoms with van der Waals surface area (Å²) in [6.07, 6.45) is 0. The van der Waals surface area contributed by atoms with Crippen LogP contribution in [-0.4, -0.2) is 35.1 Å². The average Bonchev–Trinajstić information content (AvgIpc) is 2.34. The molecule has 3 nitrogen and oxygen atoms in total. The summed E-state index contributed by atoms with van der Waals surface area (Å²) in [5.41, 5.74) is 6.97. The number of rotatable bonds is 7. The molecule has 112 valence electrons. The van der Waals surface area contributed by atoms with Crippen molar-refractivity contribution in [2.24, 2.45) is 5.73 Å². The Balaban J connectivity index is 2.68. The van der Waals surface area contributed by atoms with Crippen molar-refractivity contribution in [1.29, 1.82) is 0 Å². The summed E-state index contributed by atoms with van der Waals surface area (Å²) in [7, 11) is 0. The third-order valence-corrected chi connectivity index (χ3v) is 3.48. The highest BCUT2D eigenvalue weighted by Crippen LogP contribution is 2.17. The molecule has 20 heavy (non-hydrogen) atoms. The van der Waals surface area contributed by atoms with Gasteiger partial charge in [-0.2, -0.15) is 0 Å². The molecule has 0 atom stereocenters. The van der Waals surface area contributed by atoms with Gasteiger partial charge in [-0.25, -0.2) is 4.39 Å². The van der Waals surface area contributed by atoms with Gasteiger partial charge < -0.3 is 11.1 Å². The predicted octanol–water partition coefficient (Wildman–Crippen LogP) is 2.99. The second-order valence-electron chi connectivity index (χ2n) is 5.41. The summed E-state index contributed by atoms with van der Waals surface area (Å²) in [4.78, 5) is 2.59. The smallest absolute Gasteiger partial charge is 0.124 e. The number of nitrogens with two attached hydrogens (primary N) is 1. The molecule has 0 aliphatic heterocycles. The van der Waals surface area contributed by atoms with E-state index < -0.39 is 0 Å². The van der Waals surface area contributed by atoms with E-state index in [9.17, 15) is 4.39 Å². The average molecular weight is 297 g/mol. The lowest BCUT2D eigenvalue weighted by Crippen LogP contribution is -2.40. The Morgan fingerprint density at radius 3 is 2.40 bits per heavy atom. The van der Waals surface area contributed by atoms with Gasteiger partial charge in [0, 0.05) is 36.4 Å². The van der Waals surface area contributed by atoms with E-state index in [1.54, 1.807) is 6.07 Å². The van der Waals surface area contributed by atoms with Crippen LogP contribution < -0.4 is 11.1 Å². The Bertz CT molecular complexity index is 452. The highest BCUT2D eigenvalue weighted by molar-refractivity contribution is 7.80. The van der Waals surface area contributed by atoms with E-state index in [0.29, 0.717) is 17.6 Å². The fourth-order valence-electron chi connectivity index (χ4n) is 2.31. The quantitative estimate of drug-likeness (QED) is 0.759. The molecule has 0 aromatic heterocycles. The predicted molar refractivity (Wildman–Crippen MR) is 87.8 cm³/mol. The molecule has 5 heteroatoms. The first-order chi connectivity index (χ1) is 9.32. The lowest BCUT2D eigenvalue weighted by Gasteiger charge is -2.30. The summed E-state index contributed by atoms with van der Waals surface area (Å²) >= 11 is 4.96. The molecule has 0 saturated heterocycles. The number of hydrogen-bond acceptors (Lipinski definition) is 3. The highest BCUT2D eigenvalue weighted by atomic mass is 32.1. The van der Waals surface area contributed by atoms with Crippen molar-refractivity contribution in [3.8, 4) is 0 Å². The molecule has 0 heterocycles. The Morgan fingerprint density at radius 2 is 1.90 bits per heavy atom. The first-order valence-electron chi connectivity index (χ1n) is 6.92. The number of nitrogens with one attached hydrogen (secondary N) is 1. The van der Waals surface area contributed by atoms with E-state index >= 15 is 0 Å². The Morgan fingerprint density at radius 1 is 1.30 bits per heavy atom.